The fraction of sp³-hybridized carbons (Fsp3) is 0.217. The molecule has 0 spiro atoms. The predicted molar refractivity (Wildman–Crippen MR) is 111 cm³/mol. The van der Waals surface area contributed by atoms with Gasteiger partial charge >= 0.3 is 6.03 Å². The van der Waals surface area contributed by atoms with Crippen molar-refractivity contribution in [3.63, 3.8) is 0 Å². The Hall–Kier alpha value is -3.92. The van der Waals surface area contributed by atoms with Crippen LogP contribution >= 0.6 is 0 Å². The van der Waals surface area contributed by atoms with E-state index < -0.39 is 0 Å². The zero-order chi connectivity index (χ0) is 20.8. The molecule has 1 N–H and O–H groups in total. The van der Waals surface area contributed by atoms with E-state index in [1.54, 1.807) is 4.90 Å². The maximum Gasteiger partial charge on any atom is 0.318 e. The standard InChI is InChI=1S/C23H21N5O2/c24-15-20-22(26-13-12-25-20)30-19-11-14-28(16-19)23(29)27-21(17-7-3-1-4-8-17)18-9-5-2-6-10-18/h1-10,12-13,19,21H,11,14,16H2,(H,27,29). The van der Waals surface area contributed by atoms with Crippen LogP contribution in [-0.4, -0.2) is 40.1 Å². The Balaban J connectivity index is 1.44. The first-order valence-electron chi connectivity index (χ1n) is 9.77. The number of hydrogen-bond donors (Lipinski definition) is 1. The van der Waals surface area contributed by atoms with Crippen LogP contribution in [0.5, 0.6) is 5.88 Å². The zero-order valence-electron chi connectivity index (χ0n) is 16.3. The van der Waals surface area contributed by atoms with Crippen LogP contribution in [0.4, 0.5) is 4.79 Å². The highest BCUT2D eigenvalue weighted by atomic mass is 16.5. The van der Waals surface area contributed by atoms with Gasteiger partial charge in [-0.1, -0.05) is 60.7 Å². The summed E-state index contributed by atoms with van der Waals surface area (Å²) in [5.41, 5.74) is 2.18. The molecule has 1 aliphatic rings. The minimum Gasteiger partial charge on any atom is -0.470 e. The maximum absolute atomic E-state index is 13.0. The van der Waals surface area contributed by atoms with Crippen LogP contribution in [0.1, 0.15) is 29.3 Å². The average molecular weight is 399 g/mol. The minimum atomic E-state index is -0.245. The summed E-state index contributed by atoms with van der Waals surface area (Å²) in [6.45, 7) is 0.985. The first-order chi connectivity index (χ1) is 14.7. The van der Waals surface area contributed by atoms with Crippen LogP contribution in [0.3, 0.4) is 0 Å². The van der Waals surface area contributed by atoms with Crippen LogP contribution in [0.15, 0.2) is 73.1 Å². The number of aromatic nitrogens is 2. The molecule has 1 aromatic heterocycles. The van der Waals surface area contributed by atoms with Crippen molar-refractivity contribution in [1.29, 1.82) is 5.26 Å². The van der Waals surface area contributed by atoms with E-state index in [0.29, 0.717) is 19.5 Å². The molecule has 0 bridgehead atoms. The molecule has 2 aromatic carbocycles. The van der Waals surface area contributed by atoms with E-state index in [1.807, 2.05) is 66.7 Å². The lowest BCUT2D eigenvalue weighted by molar-refractivity contribution is 0.181. The van der Waals surface area contributed by atoms with Gasteiger partial charge in [0.05, 0.1) is 12.6 Å². The largest absolute Gasteiger partial charge is 0.470 e. The predicted octanol–water partition coefficient (Wildman–Crippen LogP) is 3.30. The van der Waals surface area contributed by atoms with Gasteiger partial charge in [0.25, 0.3) is 5.88 Å². The number of amides is 2. The van der Waals surface area contributed by atoms with Crippen LogP contribution in [0.2, 0.25) is 0 Å². The van der Waals surface area contributed by atoms with Crippen LogP contribution in [-0.2, 0) is 0 Å². The molecule has 0 aliphatic carbocycles. The summed E-state index contributed by atoms with van der Waals surface area (Å²) in [4.78, 5) is 22.8. The van der Waals surface area contributed by atoms with Gasteiger partial charge in [-0.05, 0) is 11.1 Å². The van der Waals surface area contributed by atoms with E-state index >= 15 is 0 Å². The van der Waals surface area contributed by atoms with Crippen molar-refractivity contribution in [2.24, 2.45) is 0 Å². The van der Waals surface area contributed by atoms with E-state index in [0.717, 1.165) is 11.1 Å². The molecule has 4 rings (SSSR count). The SMILES string of the molecule is N#Cc1nccnc1OC1CCN(C(=O)NC(c2ccccc2)c2ccccc2)C1. The molecule has 1 fully saturated rings. The lowest BCUT2D eigenvalue weighted by atomic mass is 9.99. The van der Waals surface area contributed by atoms with Crippen molar-refractivity contribution in [3.8, 4) is 11.9 Å². The molecule has 1 unspecified atom stereocenters. The maximum atomic E-state index is 13.0. The fourth-order valence-electron chi connectivity index (χ4n) is 3.52. The van der Waals surface area contributed by atoms with Crippen LogP contribution in [0, 0.1) is 11.3 Å². The van der Waals surface area contributed by atoms with Gasteiger partial charge in [-0.25, -0.2) is 14.8 Å². The van der Waals surface area contributed by atoms with Crippen molar-refractivity contribution in [1.82, 2.24) is 20.2 Å². The van der Waals surface area contributed by atoms with Crippen molar-refractivity contribution < 1.29 is 9.53 Å². The monoisotopic (exact) mass is 399 g/mol. The topological polar surface area (TPSA) is 91.1 Å². The van der Waals surface area contributed by atoms with Crippen molar-refractivity contribution in [3.05, 3.63) is 89.9 Å². The number of hydrogen-bond acceptors (Lipinski definition) is 5. The molecular weight excluding hydrogens is 378 g/mol. The Bertz CT molecular complexity index is 997. The molecule has 1 aliphatic heterocycles. The van der Waals surface area contributed by atoms with Gasteiger partial charge in [0.1, 0.15) is 12.2 Å². The van der Waals surface area contributed by atoms with E-state index in [1.165, 1.54) is 12.4 Å². The number of nitriles is 1. The number of carbonyl (C=O) groups excluding carboxylic acids is 1. The first-order valence-corrected chi connectivity index (χ1v) is 9.77. The van der Waals surface area contributed by atoms with Gasteiger partial charge in [0, 0.05) is 25.4 Å². The van der Waals surface area contributed by atoms with Crippen molar-refractivity contribution >= 4 is 6.03 Å². The van der Waals surface area contributed by atoms with E-state index in [9.17, 15) is 4.79 Å². The second kappa shape index (κ2) is 9.05. The van der Waals surface area contributed by atoms with Crippen molar-refractivity contribution in [2.75, 3.05) is 13.1 Å². The number of likely N-dealkylation sites (tertiary alicyclic amines) is 1. The van der Waals surface area contributed by atoms with Gasteiger partial charge < -0.3 is 15.0 Å². The van der Waals surface area contributed by atoms with Gasteiger partial charge in [-0.2, -0.15) is 5.26 Å². The second-order valence-electron chi connectivity index (χ2n) is 7.00. The summed E-state index contributed by atoms with van der Waals surface area (Å²) in [6, 6.07) is 21.4. The van der Waals surface area contributed by atoms with Gasteiger partial charge in [-0.15, -0.1) is 0 Å². The Morgan fingerprint density at radius 3 is 2.33 bits per heavy atom. The van der Waals surface area contributed by atoms with Gasteiger partial charge in [0.2, 0.25) is 5.69 Å². The molecule has 0 radical (unpaired) electrons. The average Bonchev–Trinajstić information content (AvgIpc) is 3.27. The molecule has 2 amide bonds. The molecule has 2 heterocycles. The van der Waals surface area contributed by atoms with E-state index in [-0.39, 0.29) is 29.8 Å². The molecular formula is C23H21N5O2. The number of nitrogens with one attached hydrogen (secondary N) is 1. The molecule has 3 aromatic rings. The van der Waals surface area contributed by atoms with Crippen LogP contribution in [0.25, 0.3) is 0 Å². The molecule has 1 atom stereocenters. The Morgan fingerprint density at radius 1 is 1.07 bits per heavy atom. The summed E-state index contributed by atoms with van der Waals surface area (Å²) in [5.74, 6) is 0.207. The number of urea groups is 1. The number of ether oxygens (including phenoxy) is 1. The van der Waals surface area contributed by atoms with Gasteiger partial charge in [0.15, 0.2) is 0 Å². The molecule has 150 valence electrons. The summed E-state index contributed by atoms with van der Waals surface area (Å²) in [6.07, 6.45) is 3.37. The zero-order valence-corrected chi connectivity index (χ0v) is 16.3. The number of nitrogens with zero attached hydrogens (tertiary/aromatic N) is 4. The highest BCUT2D eigenvalue weighted by Gasteiger charge is 2.30. The lowest BCUT2D eigenvalue weighted by Crippen LogP contribution is -2.41. The Kier molecular flexibility index (Phi) is 5.85. The number of benzene rings is 2. The lowest BCUT2D eigenvalue weighted by Gasteiger charge is -2.24. The fourth-order valence-corrected chi connectivity index (χ4v) is 3.52. The highest BCUT2D eigenvalue weighted by Crippen LogP contribution is 2.23. The molecule has 0 saturated carbocycles. The summed E-state index contributed by atoms with van der Waals surface area (Å²) >= 11 is 0. The molecule has 30 heavy (non-hydrogen) atoms. The third-order valence-electron chi connectivity index (χ3n) is 5.01. The third-order valence-corrected chi connectivity index (χ3v) is 5.01. The van der Waals surface area contributed by atoms with E-state index in [2.05, 4.69) is 15.3 Å². The number of rotatable bonds is 5. The molecule has 7 heteroatoms. The second-order valence-corrected chi connectivity index (χ2v) is 7.00. The van der Waals surface area contributed by atoms with E-state index in [4.69, 9.17) is 10.00 Å². The quantitative estimate of drug-likeness (QED) is 0.711. The smallest absolute Gasteiger partial charge is 0.318 e. The van der Waals surface area contributed by atoms with Gasteiger partial charge in [-0.3, -0.25) is 0 Å². The summed E-state index contributed by atoms with van der Waals surface area (Å²) < 4.78 is 5.83. The highest BCUT2D eigenvalue weighted by molar-refractivity contribution is 5.75. The number of carbonyl (C=O) groups is 1. The van der Waals surface area contributed by atoms with Crippen molar-refractivity contribution in [2.45, 2.75) is 18.6 Å². The first kappa shape index (κ1) is 19.4. The summed E-state index contributed by atoms with van der Waals surface area (Å²) in [7, 11) is 0. The molecule has 1 saturated heterocycles. The Morgan fingerprint density at radius 2 is 1.70 bits per heavy atom. The summed E-state index contributed by atoms with van der Waals surface area (Å²) in [5, 5.41) is 12.3. The normalized spacial score (nSPS) is 15.6. The minimum absolute atomic E-state index is 0.147. The van der Waals surface area contributed by atoms with Crippen LogP contribution < -0.4 is 10.1 Å². The Labute approximate surface area is 175 Å². The molecule has 7 nitrogen and oxygen atoms in total. The third kappa shape index (κ3) is 4.39.